The number of carbonyl (C=O) groups excluding carboxylic acids is 1. The van der Waals surface area contributed by atoms with Crippen molar-refractivity contribution in [2.45, 2.75) is 20.4 Å². The van der Waals surface area contributed by atoms with E-state index >= 15 is 0 Å². The van der Waals surface area contributed by atoms with Gasteiger partial charge < -0.3 is 15.2 Å². The molecule has 0 aliphatic carbocycles. The fourth-order valence-corrected chi connectivity index (χ4v) is 1.25. The fourth-order valence-electron chi connectivity index (χ4n) is 1.25. The molecule has 1 atom stereocenters. The molecule has 84 valence electrons. The lowest BCUT2D eigenvalue weighted by Crippen LogP contribution is -2.33. The normalized spacial score (nSPS) is 12.5. The highest BCUT2D eigenvalue weighted by atomic mass is 16.5. The van der Waals surface area contributed by atoms with E-state index in [1.807, 2.05) is 27.0 Å². The van der Waals surface area contributed by atoms with Gasteiger partial charge in [-0.05, 0) is 14.0 Å². The van der Waals surface area contributed by atoms with Gasteiger partial charge in [-0.15, -0.1) is 0 Å². The minimum absolute atomic E-state index is 0.0124. The number of amides is 1. The maximum atomic E-state index is 11.5. The minimum Gasteiger partial charge on any atom is -0.359 e. The molecule has 0 saturated carbocycles. The lowest BCUT2D eigenvalue weighted by atomic mass is 10.1. The number of nitrogens with one attached hydrogen (secondary N) is 2. The summed E-state index contributed by atoms with van der Waals surface area (Å²) < 4.78 is 4.97. The zero-order valence-corrected chi connectivity index (χ0v) is 9.33. The number of aromatic nitrogens is 1. The third kappa shape index (κ3) is 3.71. The van der Waals surface area contributed by atoms with Crippen LogP contribution in [-0.4, -0.2) is 24.7 Å². The summed E-state index contributed by atoms with van der Waals surface area (Å²) in [5.41, 5.74) is 0.822. The zero-order chi connectivity index (χ0) is 11.3. The van der Waals surface area contributed by atoms with E-state index in [1.54, 1.807) is 0 Å². The number of aryl methyl sites for hydroxylation is 1. The molecule has 1 amide bonds. The predicted molar refractivity (Wildman–Crippen MR) is 56.2 cm³/mol. The highest BCUT2D eigenvalue weighted by molar-refractivity contribution is 5.78. The Balaban J connectivity index is 2.34. The van der Waals surface area contributed by atoms with Gasteiger partial charge in [0.15, 0.2) is 5.76 Å². The summed E-state index contributed by atoms with van der Waals surface area (Å²) in [7, 11) is 1.82. The molecular formula is C10H17N3O2. The van der Waals surface area contributed by atoms with Gasteiger partial charge in [0.1, 0.15) is 0 Å². The Labute approximate surface area is 89.2 Å². The van der Waals surface area contributed by atoms with Crippen LogP contribution in [0.1, 0.15) is 18.4 Å². The molecule has 1 aromatic heterocycles. The van der Waals surface area contributed by atoms with Gasteiger partial charge in [0.25, 0.3) is 0 Å². The topological polar surface area (TPSA) is 67.2 Å². The van der Waals surface area contributed by atoms with Crippen LogP contribution >= 0.6 is 0 Å². The first-order valence-corrected chi connectivity index (χ1v) is 4.98. The molecule has 0 aliphatic rings. The molecule has 1 unspecified atom stereocenters. The Morgan fingerprint density at radius 1 is 1.67 bits per heavy atom. The average Bonchev–Trinajstić information content (AvgIpc) is 2.61. The molecule has 1 aromatic rings. The number of hydrogen-bond donors (Lipinski definition) is 2. The van der Waals surface area contributed by atoms with E-state index in [1.165, 1.54) is 0 Å². The van der Waals surface area contributed by atoms with Crippen LogP contribution in [0.3, 0.4) is 0 Å². The fraction of sp³-hybridized carbons (Fsp3) is 0.600. The van der Waals surface area contributed by atoms with E-state index in [0.29, 0.717) is 18.8 Å². The van der Waals surface area contributed by atoms with Crippen LogP contribution in [0.25, 0.3) is 0 Å². The largest absolute Gasteiger partial charge is 0.359 e. The van der Waals surface area contributed by atoms with Crippen molar-refractivity contribution >= 4 is 5.91 Å². The van der Waals surface area contributed by atoms with Crippen molar-refractivity contribution in [3.05, 3.63) is 17.5 Å². The smallest absolute Gasteiger partial charge is 0.224 e. The highest BCUT2D eigenvalue weighted by Gasteiger charge is 2.11. The third-order valence-corrected chi connectivity index (χ3v) is 2.07. The Kier molecular flexibility index (Phi) is 4.30. The standard InChI is InChI=1S/C10H17N3O2/c1-7(5-11-3)10(14)12-6-9-4-8(2)13-15-9/h4,7,11H,5-6H2,1-3H3,(H,12,14). The molecule has 0 bridgehead atoms. The van der Waals surface area contributed by atoms with Crippen LogP contribution < -0.4 is 10.6 Å². The van der Waals surface area contributed by atoms with Crippen LogP contribution in [0.5, 0.6) is 0 Å². The Morgan fingerprint density at radius 2 is 2.40 bits per heavy atom. The number of hydrogen-bond acceptors (Lipinski definition) is 4. The SMILES string of the molecule is CNCC(C)C(=O)NCc1cc(C)no1. The third-order valence-electron chi connectivity index (χ3n) is 2.07. The monoisotopic (exact) mass is 211 g/mol. The van der Waals surface area contributed by atoms with Crippen molar-refractivity contribution in [1.29, 1.82) is 0 Å². The molecule has 0 radical (unpaired) electrons. The van der Waals surface area contributed by atoms with E-state index in [9.17, 15) is 4.79 Å². The molecule has 5 heteroatoms. The molecule has 2 N–H and O–H groups in total. The van der Waals surface area contributed by atoms with E-state index in [4.69, 9.17) is 4.52 Å². The first-order valence-electron chi connectivity index (χ1n) is 4.98. The second kappa shape index (κ2) is 5.50. The van der Waals surface area contributed by atoms with Crippen molar-refractivity contribution in [3.8, 4) is 0 Å². The van der Waals surface area contributed by atoms with Gasteiger partial charge in [0.2, 0.25) is 5.91 Å². The molecule has 1 heterocycles. The van der Waals surface area contributed by atoms with Gasteiger partial charge in [0.05, 0.1) is 12.2 Å². The molecule has 1 rings (SSSR count). The second-order valence-corrected chi connectivity index (χ2v) is 3.61. The van der Waals surface area contributed by atoms with Crippen LogP contribution in [0.15, 0.2) is 10.6 Å². The first-order chi connectivity index (χ1) is 7.13. The van der Waals surface area contributed by atoms with Gasteiger partial charge in [0, 0.05) is 18.5 Å². The van der Waals surface area contributed by atoms with Crippen LogP contribution in [-0.2, 0) is 11.3 Å². The van der Waals surface area contributed by atoms with Crippen molar-refractivity contribution in [3.63, 3.8) is 0 Å². The maximum absolute atomic E-state index is 11.5. The van der Waals surface area contributed by atoms with Gasteiger partial charge in [-0.2, -0.15) is 0 Å². The molecule has 0 spiro atoms. The van der Waals surface area contributed by atoms with Crippen LogP contribution in [0, 0.1) is 12.8 Å². The summed E-state index contributed by atoms with van der Waals surface area (Å²) in [5, 5.41) is 9.48. The average molecular weight is 211 g/mol. The van der Waals surface area contributed by atoms with Gasteiger partial charge in [-0.25, -0.2) is 0 Å². The Hall–Kier alpha value is -1.36. The first kappa shape index (κ1) is 11.7. The molecule has 5 nitrogen and oxygen atoms in total. The van der Waals surface area contributed by atoms with E-state index < -0.39 is 0 Å². The molecule has 15 heavy (non-hydrogen) atoms. The quantitative estimate of drug-likeness (QED) is 0.742. The number of rotatable bonds is 5. The van der Waals surface area contributed by atoms with E-state index in [0.717, 1.165) is 5.69 Å². The van der Waals surface area contributed by atoms with Crippen molar-refractivity contribution in [2.75, 3.05) is 13.6 Å². The van der Waals surface area contributed by atoms with Crippen molar-refractivity contribution in [2.24, 2.45) is 5.92 Å². The number of carbonyl (C=O) groups is 1. The van der Waals surface area contributed by atoms with Crippen LogP contribution in [0.2, 0.25) is 0 Å². The maximum Gasteiger partial charge on any atom is 0.224 e. The predicted octanol–water partition coefficient (Wildman–Crippen LogP) is 0.455. The van der Waals surface area contributed by atoms with Crippen molar-refractivity contribution < 1.29 is 9.32 Å². The molecule has 0 aromatic carbocycles. The molecule has 0 saturated heterocycles. The van der Waals surface area contributed by atoms with Gasteiger partial charge >= 0.3 is 0 Å². The molecule has 0 aliphatic heterocycles. The summed E-state index contributed by atoms with van der Waals surface area (Å²) in [6, 6.07) is 1.81. The van der Waals surface area contributed by atoms with Crippen LogP contribution in [0.4, 0.5) is 0 Å². The van der Waals surface area contributed by atoms with Gasteiger partial charge in [-0.3, -0.25) is 4.79 Å². The summed E-state index contributed by atoms with van der Waals surface area (Å²) in [5.74, 6) is 0.648. The summed E-state index contributed by atoms with van der Waals surface area (Å²) in [4.78, 5) is 11.5. The minimum atomic E-state index is -0.0426. The lowest BCUT2D eigenvalue weighted by Gasteiger charge is -2.09. The van der Waals surface area contributed by atoms with Gasteiger partial charge in [-0.1, -0.05) is 12.1 Å². The summed E-state index contributed by atoms with van der Waals surface area (Å²) in [6.45, 7) is 4.78. The molecular weight excluding hydrogens is 194 g/mol. The van der Waals surface area contributed by atoms with E-state index in [-0.39, 0.29) is 11.8 Å². The summed E-state index contributed by atoms with van der Waals surface area (Å²) >= 11 is 0. The molecule has 0 fully saturated rings. The second-order valence-electron chi connectivity index (χ2n) is 3.61. The lowest BCUT2D eigenvalue weighted by molar-refractivity contribution is -0.124. The zero-order valence-electron chi connectivity index (χ0n) is 9.33. The van der Waals surface area contributed by atoms with E-state index in [2.05, 4.69) is 15.8 Å². The number of nitrogens with zero attached hydrogens (tertiary/aromatic N) is 1. The summed E-state index contributed by atoms with van der Waals surface area (Å²) in [6.07, 6.45) is 0. The van der Waals surface area contributed by atoms with Crippen molar-refractivity contribution in [1.82, 2.24) is 15.8 Å². The highest BCUT2D eigenvalue weighted by Crippen LogP contribution is 2.02. The Morgan fingerprint density at radius 3 is 2.93 bits per heavy atom. The Bertz CT molecular complexity index is 322.